The Morgan fingerprint density at radius 2 is 0.557 bits per heavy atom. The lowest BCUT2D eigenvalue weighted by atomic mass is 9.97. The van der Waals surface area contributed by atoms with E-state index in [0.717, 1.165) is 138 Å². The highest BCUT2D eigenvalue weighted by atomic mass is 16.3. The molecule has 0 unspecified atom stereocenters. The Kier molecular flexibility index (Phi) is 8.23. The standard InChI is InChI=1S/C63H35N3O4/c1-2-12-36(13-3-1)37-26-28-38(29-27-37)61-64-62(45-18-10-24-55-59(45)47-34-39(30-32-51(47)69-55)41-16-8-22-53-57(41)43-14-4-6-20-49(43)67-53)66-63(65-61)46-19-11-25-56-60(46)48-35-40(31-33-52(48)70-56)42-17-9-23-54-58(42)44-15-5-7-21-50(44)68-54/h1-35H. The molecule has 0 aliphatic rings. The summed E-state index contributed by atoms with van der Waals surface area (Å²) in [5.41, 5.74) is 15.5. The Morgan fingerprint density at radius 3 is 1.04 bits per heavy atom. The van der Waals surface area contributed by atoms with E-state index < -0.39 is 0 Å². The Morgan fingerprint density at radius 1 is 0.214 bits per heavy atom. The lowest BCUT2D eigenvalue weighted by Gasteiger charge is -2.11. The SMILES string of the molecule is c1ccc(-c2ccc(-c3nc(-c4cccc5oc6ccc(-c7cccc8oc9ccccc9c78)cc6c45)nc(-c4cccc5oc6ccc(-c7cccc8oc9ccccc9c78)cc6c45)n3)cc2)cc1. The fraction of sp³-hybridized carbons (Fsp3) is 0. The first kappa shape index (κ1) is 38.5. The number of hydrogen-bond donors (Lipinski definition) is 0. The van der Waals surface area contributed by atoms with Gasteiger partial charge in [-0.1, -0.05) is 152 Å². The summed E-state index contributed by atoms with van der Waals surface area (Å²) in [6, 6.07) is 72.7. The van der Waals surface area contributed by atoms with E-state index in [2.05, 4.69) is 146 Å². The molecule has 0 fully saturated rings. The van der Waals surface area contributed by atoms with Gasteiger partial charge in [0.2, 0.25) is 0 Å². The molecular weight excluding hydrogens is 863 g/mol. The highest BCUT2D eigenvalue weighted by Gasteiger charge is 2.23. The number of furan rings is 4. The molecule has 0 saturated carbocycles. The molecule has 10 aromatic carbocycles. The molecule has 0 spiro atoms. The Hall–Kier alpha value is -9.59. The van der Waals surface area contributed by atoms with Gasteiger partial charge in [-0.3, -0.25) is 0 Å². The molecule has 0 saturated heterocycles. The maximum atomic E-state index is 6.61. The number of hydrogen-bond acceptors (Lipinski definition) is 7. The van der Waals surface area contributed by atoms with Crippen LogP contribution in [-0.4, -0.2) is 15.0 Å². The number of aromatic nitrogens is 3. The maximum absolute atomic E-state index is 6.61. The van der Waals surface area contributed by atoms with E-state index in [4.69, 9.17) is 32.6 Å². The number of rotatable bonds is 6. The predicted molar refractivity (Wildman–Crippen MR) is 282 cm³/mol. The van der Waals surface area contributed by atoms with Crippen molar-refractivity contribution in [3.05, 3.63) is 212 Å². The third kappa shape index (κ3) is 5.91. The predicted octanol–water partition coefficient (Wildman–Crippen LogP) is 17.5. The summed E-state index contributed by atoms with van der Waals surface area (Å²) >= 11 is 0. The topological polar surface area (TPSA) is 91.2 Å². The second kappa shape index (κ2) is 15.0. The van der Waals surface area contributed by atoms with Crippen LogP contribution < -0.4 is 0 Å². The zero-order chi connectivity index (χ0) is 45.9. The van der Waals surface area contributed by atoms with Crippen molar-refractivity contribution in [1.82, 2.24) is 15.0 Å². The van der Waals surface area contributed by atoms with Crippen LogP contribution in [0.5, 0.6) is 0 Å². The van der Waals surface area contributed by atoms with Gasteiger partial charge in [-0.2, -0.15) is 0 Å². The van der Waals surface area contributed by atoms with Crippen LogP contribution in [0.15, 0.2) is 230 Å². The van der Waals surface area contributed by atoms with Crippen LogP contribution in [-0.2, 0) is 0 Å². The summed E-state index contributed by atoms with van der Waals surface area (Å²) in [5, 5.41) is 8.07. The van der Waals surface area contributed by atoms with Crippen LogP contribution in [0.2, 0.25) is 0 Å². The van der Waals surface area contributed by atoms with Crippen LogP contribution in [0, 0.1) is 0 Å². The molecule has 7 nitrogen and oxygen atoms in total. The first-order valence-corrected chi connectivity index (χ1v) is 23.3. The zero-order valence-electron chi connectivity index (χ0n) is 37.2. The van der Waals surface area contributed by atoms with Gasteiger partial charge in [-0.15, -0.1) is 0 Å². The summed E-state index contributed by atoms with van der Waals surface area (Å²) < 4.78 is 25.8. The van der Waals surface area contributed by atoms with Crippen molar-refractivity contribution in [1.29, 1.82) is 0 Å². The summed E-state index contributed by atoms with van der Waals surface area (Å²) in [5.74, 6) is 1.60. The monoisotopic (exact) mass is 897 g/mol. The van der Waals surface area contributed by atoms with E-state index >= 15 is 0 Å². The molecule has 5 aromatic heterocycles. The van der Waals surface area contributed by atoms with E-state index in [9.17, 15) is 0 Å². The molecule has 0 aliphatic carbocycles. The number of para-hydroxylation sites is 2. The molecule has 5 heterocycles. The summed E-state index contributed by atoms with van der Waals surface area (Å²) in [4.78, 5) is 16.0. The van der Waals surface area contributed by atoms with Crippen molar-refractivity contribution in [2.24, 2.45) is 0 Å². The van der Waals surface area contributed by atoms with E-state index in [1.54, 1.807) is 0 Å². The van der Waals surface area contributed by atoms with Gasteiger partial charge in [0.25, 0.3) is 0 Å². The minimum atomic E-state index is 0.526. The Labute approximate surface area is 398 Å². The van der Waals surface area contributed by atoms with Gasteiger partial charge < -0.3 is 17.7 Å². The number of nitrogens with zero attached hydrogens (tertiary/aromatic N) is 3. The second-order valence-electron chi connectivity index (χ2n) is 17.8. The highest BCUT2D eigenvalue weighted by molar-refractivity contribution is 6.18. The van der Waals surface area contributed by atoms with Crippen LogP contribution in [0.1, 0.15) is 0 Å². The van der Waals surface area contributed by atoms with Crippen molar-refractivity contribution in [2.45, 2.75) is 0 Å². The Bertz CT molecular complexity index is 4350. The summed E-state index contributed by atoms with van der Waals surface area (Å²) in [7, 11) is 0. The smallest absolute Gasteiger partial charge is 0.164 e. The minimum Gasteiger partial charge on any atom is -0.456 e. The van der Waals surface area contributed by atoms with Gasteiger partial charge in [0.05, 0.1) is 0 Å². The molecule has 70 heavy (non-hydrogen) atoms. The molecule has 15 rings (SSSR count). The van der Waals surface area contributed by atoms with Crippen molar-refractivity contribution < 1.29 is 17.7 Å². The summed E-state index contributed by atoms with van der Waals surface area (Å²) in [6.07, 6.45) is 0. The Balaban J connectivity index is 0.945. The normalized spacial score (nSPS) is 12.0. The fourth-order valence-corrected chi connectivity index (χ4v) is 10.6. The molecule has 0 atom stereocenters. The van der Waals surface area contributed by atoms with E-state index in [-0.39, 0.29) is 0 Å². The van der Waals surface area contributed by atoms with Gasteiger partial charge in [0.1, 0.15) is 44.7 Å². The maximum Gasteiger partial charge on any atom is 0.164 e. The highest BCUT2D eigenvalue weighted by Crippen LogP contribution is 2.44. The largest absolute Gasteiger partial charge is 0.456 e. The fourth-order valence-electron chi connectivity index (χ4n) is 10.6. The molecule has 0 N–H and O–H groups in total. The molecule has 326 valence electrons. The van der Waals surface area contributed by atoms with E-state index in [1.165, 1.54) is 0 Å². The quantitative estimate of drug-likeness (QED) is 0.164. The second-order valence-corrected chi connectivity index (χ2v) is 17.8. The third-order valence-electron chi connectivity index (χ3n) is 13.8. The van der Waals surface area contributed by atoms with Crippen LogP contribution >= 0.6 is 0 Å². The average molecular weight is 898 g/mol. The molecule has 0 amide bonds. The lowest BCUT2D eigenvalue weighted by molar-refractivity contribution is 0.668. The number of fused-ring (bicyclic) bond motifs is 12. The van der Waals surface area contributed by atoms with Crippen molar-refractivity contribution in [3.8, 4) is 67.5 Å². The van der Waals surface area contributed by atoms with Gasteiger partial charge in [-0.25, -0.2) is 15.0 Å². The van der Waals surface area contributed by atoms with E-state index in [1.807, 2.05) is 66.7 Å². The van der Waals surface area contributed by atoms with Gasteiger partial charge in [0, 0.05) is 59.8 Å². The van der Waals surface area contributed by atoms with Gasteiger partial charge in [0.15, 0.2) is 17.5 Å². The average Bonchev–Trinajstić information content (AvgIpc) is 4.21. The number of benzene rings is 10. The first-order chi connectivity index (χ1) is 34.7. The molecule has 0 radical (unpaired) electrons. The minimum absolute atomic E-state index is 0.526. The third-order valence-corrected chi connectivity index (χ3v) is 13.8. The zero-order valence-corrected chi connectivity index (χ0v) is 37.2. The van der Waals surface area contributed by atoms with Crippen molar-refractivity contribution in [2.75, 3.05) is 0 Å². The van der Waals surface area contributed by atoms with Crippen molar-refractivity contribution in [3.63, 3.8) is 0 Å². The molecule has 15 aromatic rings. The van der Waals surface area contributed by atoms with Crippen LogP contribution in [0.4, 0.5) is 0 Å². The molecule has 0 aliphatic heterocycles. The van der Waals surface area contributed by atoms with E-state index in [0.29, 0.717) is 17.5 Å². The molecule has 0 bridgehead atoms. The van der Waals surface area contributed by atoms with Crippen LogP contribution in [0.3, 0.4) is 0 Å². The van der Waals surface area contributed by atoms with Crippen LogP contribution in [0.25, 0.3) is 155 Å². The first-order valence-electron chi connectivity index (χ1n) is 23.3. The molecular formula is C63H35N3O4. The molecule has 7 heteroatoms. The summed E-state index contributed by atoms with van der Waals surface area (Å²) in [6.45, 7) is 0. The van der Waals surface area contributed by atoms with Gasteiger partial charge >= 0.3 is 0 Å². The lowest BCUT2D eigenvalue weighted by Crippen LogP contribution is -2.00. The van der Waals surface area contributed by atoms with Gasteiger partial charge in [-0.05, 0) is 94.0 Å². The van der Waals surface area contributed by atoms with Crippen molar-refractivity contribution >= 4 is 87.8 Å².